The summed E-state index contributed by atoms with van der Waals surface area (Å²) in [5, 5.41) is 8.85. The van der Waals surface area contributed by atoms with E-state index in [9.17, 15) is 4.79 Å². The molecule has 13 heavy (non-hydrogen) atoms. The Bertz CT molecular complexity index is 327. The summed E-state index contributed by atoms with van der Waals surface area (Å²) in [7, 11) is 0. The normalized spacial score (nSPS) is 10.6. The van der Waals surface area contributed by atoms with Crippen LogP contribution in [0.15, 0.2) is 30.3 Å². The quantitative estimate of drug-likeness (QED) is 0.713. The molecule has 0 atom stereocenters. The molecule has 0 aliphatic heterocycles. The standard InChI is InChI=1S/C11H12O2/c1-9(13)5-6-10-3-2-4-11(7-10)8-12/h2-7,12H,8H2,1H3/b6-5+. The van der Waals surface area contributed by atoms with Gasteiger partial charge in [-0.2, -0.15) is 0 Å². The Hall–Kier alpha value is -1.41. The number of ketones is 1. The molecule has 0 radical (unpaired) electrons. The minimum atomic E-state index is 0.0226. The van der Waals surface area contributed by atoms with Crippen molar-refractivity contribution in [1.82, 2.24) is 0 Å². The SMILES string of the molecule is CC(=O)/C=C/c1cccc(CO)c1. The molecule has 0 aromatic heterocycles. The average molecular weight is 176 g/mol. The fourth-order valence-corrected chi connectivity index (χ4v) is 1.01. The molecule has 2 nitrogen and oxygen atoms in total. The van der Waals surface area contributed by atoms with E-state index in [2.05, 4.69) is 0 Å². The first-order valence-corrected chi connectivity index (χ1v) is 4.11. The highest BCUT2D eigenvalue weighted by Gasteiger charge is 1.91. The summed E-state index contributed by atoms with van der Waals surface area (Å²) in [6, 6.07) is 7.43. The summed E-state index contributed by atoms with van der Waals surface area (Å²) in [5.41, 5.74) is 1.78. The van der Waals surface area contributed by atoms with Crippen LogP contribution in [0.5, 0.6) is 0 Å². The molecule has 0 saturated heterocycles. The number of benzene rings is 1. The Morgan fingerprint density at radius 2 is 2.31 bits per heavy atom. The van der Waals surface area contributed by atoms with Gasteiger partial charge in [-0.25, -0.2) is 0 Å². The van der Waals surface area contributed by atoms with Crippen LogP contribution in [-0.4, -0.2) is 10.9 Å². The molecule has 68 valence electrons. The molecule has 0 saturated carbocycles. The number of hydrogen-bond acceptors (Lipinski definition) is 2. The van der Waals surface area contributed by atoms with Crippen LogP contribution in [0.3, 0.4) is 0 Å². The molecular weight excluding hydrogens is 164 g/mol. The third-order valence-corrected chi connectivity index (χ3v) is 1.64. The van der Waals surface area contributed by atoms with Crippen molar-refractivity contribution in [3.63, 3.8) is 0 Å². The predicted octanol–water partition coefficient (Wildman–Crippen LogP) is 1.78. The molecule has 1 rings (SSSR count). The van der Waals surface area contributed by atoms with Crippen LogP contribution in [0.4, 0.5) is 0 Å². The van der Waals surface area contributed by atoms with E-state index in [0.29, 0.717) is 0 Å². The third kappa shape index (κ3) is 3.22. The zero-order valence-corrected chi connectivity index (χ0v) is 7.53. The highest BCUT2D eigenvalue weighted by atomic mass is 16.3. The van der Waals surface area contributed by atoms with Gasteiger partial charge in [-0.05, 0) is 30.2 Å². The lowest BCUT2D eigenvalue weighted by molar-refractivity contribution is -0.112. The van der Waals surface area contributed by atoms with Crippen molar-refractivity contribution in [2.24, 2.45) is 0 Å². The Morgan fingerprint density at radius 1 is 1.54 bits per heavy atom. The summed E-state index contributed by atoms with van der Waals surface area (Å²) >= 11 is 0. The molecule has 1 aromatic rings. The molecule has 0 spiro atoms. The third-order valence-electron chi connectivity index (χ3n) is 1.64. The van der Waals surface area contributed by atoms with Crippen LogP contribution in [-0.2, 0) is 11.4 Å². The number of allylic oxidation sites excluding steroid dienone is 1. The lowest BCUT2D eigenvalue weighted by Crippen LogP contribution is -1.84. The molecule has 0 unspecified atom stereocenters. The van der Waals surface area contributed by atoms with Crippen LogP contribution in [0.2, 0.25) is 0 Å². The molecule has 0 bridgehead atoms. The molecule has 0 heterocycles. The Labute approximate surface area is 77.5 Å². The minimum Gasteiger partial charge on any atom is -0.392 e. The molecular formula is C11H12O2. The van der Waals surface area contributed by atoms with Crippen molar-refractivity contribution in [3.05, 3.63) is 41.5 Å². The van der Waals surface area contributed by atoms with Crippen molar-refractivity contribution in [2.75, 3.05) is 0 Å². The van der Waals surface area contributed by atoms with E-state index in [0.717, 1.165) is 11.1 Å². The average Bonchev–Trinajstić information content (AvgIpc) is 2.15. The van der Waals surface area contributed by atoms with E-state index in [1.54, 1.807) is 6.08 Å². The molecule has 2 heteroatoms. The monoisotopic (exact) mass is 176 g/mol. The van der Waals surface area contributed by atoms with Crippen LogP contribution in [0, 0.1) is 0 Å². The largest absolute Gasteiger partial charge is 0.392 e. The highest BCUT2D eigenvalue weighted by molar-refractivity contribution is 5.91. The van der Waals surface area contributed by atoms with E-state index in [4.69, 9.17) is 5.11 Å². The second kappa shape index (κ2) is 4.58. The van der Waals surface area contributed by atoms with Crippen LogP contribution < -0.4 is 0 Å². The summed E-state index contributed by atoms with van der Waals surface area (Å²) in [6.07, 6.45) is 3.25. The van der Waals surface area contributed by atoms with Gasteiger partial charge in [0.15, 0.2) is 5.78 Å². The van der Waals surface area contributed by atoms with Crippen LogP contribution >= 0.6 is 0 Å². The van der Waals surface area contributed by atoms with E-state index >= 15 is 0 Å². The van der Waals surface area contributed by atoms with Crippen molar-refractivity contribution in [2.45, 2.75) is 13.5 Å². The van der Waals surface area contributed by atoms with Gasteiger partial charge in [0, 0.05) is 0 Å². The van der Waals surface area contributed by atoms with Crippen LogP contribution in [0.1, 0.15) is 18.1 Å². The van der Waals surface area contributed by atoms with Gasteiger partial charge in [0.05, 0.1) is 6.61 Å². The van der Waals surface area contributed by atoms with Gasteiger partial charge < -0.3 is 5.11 Å². The first-order chi connectivity index (χ1) is 6.22. The number of carbonyl (C=O) groups excluding carboxylic acids is 1. The number of aliphatic hydroxyl groups excluding tert-OH is 1. The fraction of sp³-hybridized carbons (Fsp3) is 0.182. The van der Waals surface area contributed by atoms with Gasteiger partial charge in [0.25, 0.3) is 0 Å². The van der Waals surface area contributed by atoms with Crippen molar-refractivity contribution in [1.29, 1.82) is 0 Å². The highest BCUT2D eigenvalue weighted by Crippen LogP contribution is 2.06. The Balaban J connectivity index is 2.83. The summed E-state index contributed by atoms with van der Waals surface area (Å²) < 4.78 is 0. The van der Waals surface area contributed by atoms with E-state index < -0.39 is 0 Å². The fourth-order valence-electron chi connectivity index (χ4n) is 1.01. The van der Waals surface area contributed by atoms with Crippen molar-refractivity contribution >= 4 is 11.9 Å². The molecule has 0 aliphatic rings. The summed E-state index contributed by atoms with van der Waals surface area (Å²) in [6.45, 7) is 1.54. The Morgan fingerprint density at radius 3 is 2.92 bits per heavy atom. The molecule has 1 N–H and O–H groups in total. The lowest BCUT2D eigenvalue weighted by Gasteiger charge is -1.96. The molecule has 0 fully saturated rings. The maximum Gasteiger partial charge on any atom is 0.152 e. The van der Waals surface area contributed by atoms with Gasteiger partial charge in [-0.15, -0.1) is 0 Å². The zero-order chi connectivity index (χ0) is 9.68. The molecule has 0 aliphatic carbocycles. The number of aliphatic hydroxyl groups is 1. The number of hydrogen-bond donors (Lipinski definition) is 1. The maximum atomic E-state index is 10.6. The zero-order valence-electron chi connectivity index (χ0n) is 7.53. The smallest absolute Gasteiger partial charge is 0.152 e. The maximum absolute atomic E-state index is 10.6. The second-order valence-electron chi connectivity index (χ2n) is 2.85. The van der Waals surface area contributed by atoms with Gasteiger partial charge in [0.2, 0.25) is 0 Å². The van der Waals surface area contributed by atoms with E-state index in [1.807, 2.05) is 24.3 Å². The molecule has 0 amide bonds. The lowest BCUT2D eigenvalue weighted by atomic mass is 10.1. The summed E-state index contributed by atoms with van der Waals surface area (Å²) in [4.78, 5) is 10.6. The van der Waals surface area contributed by atoms with Crippen molar-refractivity contribution < 1.29 is 9.90 Å². The van der Waals surface area contributed by atoms with Crippen LogP contribution in [0.25, 0.3) is 6.08 Å². The second-order valence-corrected chi connectivity index (χ2v) is 2.85. The minimum absolute atomic E-state index is 0.0226. The molecule has 1 aromatic carbocycles. The van der Waals surface area contributed by atoms with Crippen molar-refractivity contribution in [3.8, 4) is 0 Å². The number of rotatable bonds is 3. The van der Waals surface area contributed by atoms with Gasteiger partial charge >= 0.3 is 0 Å². The number of carbonyl (C=O) groups is 1. The van der Waals surface area contributed by atoms with Gasteiger partial charge in [0.1, 0.15) is 0 Å². The van der Waals surface area contributed by atoms with E-state index in [-0.39, 0.29) is 12.4 Å². The van der Waals surface area contributed by atoms with E-state index in [1.165, 1.54) is 13.0 Å². The predicted molar refractivity (Wildman–Crippen MR) is 52.1 cm³/mol. The van der Waals surface area contributed by atoms with Gasteiger partial charge in [-0.3, -0.25) is 4.79 Å². The van der Waals surface area contributed by atoms with Gasteiger partial charge in [-0.1, -0.05) is 24.3 Å². The summed E-state index contributed by atoms with van der Waals surface area (Å²) in [5.74, 6) is 0.0226. The first-order valence-electron chi connectivity index (χ1n) is 4.11. The Kier molecular flexibility index (Phi) is 3.41. The topological polar surface area (TPSA) is 37.3 Å². The first kappa shape index (κ1) is 9.68.